The van der Waals surface area contributed by atoms with E-state index in [1.165, 1.54) is 29.9 Å². The number of carbonyl (C=O) groups is 1. The van der Waals surface area contributed by atoms with Gasteiger partial charge in [0, 0.05) is 12.4 Å². The van der Waals surface area contributed by atoms with Gasteiger partial charge in [-0.1, -0.05) is 29.8 Å². The maximum Gasteiger partial charge on any atom is 0.341 e. The monoisotopic (exact) mass is 311 g/mol. The summed E-state index contributed by atoms with van der Waals surface area (Å²) >= 11 is 0. The third-order valence-corrected chi connectivity index (χ3v) is 4.33. The number of aryl methyl sites for hydroxylation is 1. The summed E-state index contributed by atoms with van der Waals surface area (Å²) in [5, 5.41) is 3.45. The Bertz CT molecular complexity index is 676. The second-order valence-corrected chi connectivity index (χ2v) is 5.94. The lowest BCUT2D eigenvalue weighted by atomic mass is 9.72. The average Bonchev–Trinajstić information content (AvgIpc) is 2.53. The number of hydrogen-bond acceptors (Lipinski definition) is 5. The average molecular weight is 311 g/mol. The molecule has 1 fully saturated rings. The Kier molecular flexibility index (Phi) is 4.28. The summed E-state index contributed by atoms with van der Waals surface area (Å²) < 4.78 is 4.94. The molecule has 0 radical (unpaired) electrons. The Labute approximate surface area is 136 Å². The minimum atomic E-state index is -0.393. The van der Waals surface area contributed by atoms with E-state index >= 15 is 0 Å². The largest absolute Gasteiger partial charge is 0.462 e. The van der Waals surface area contributed by atoms with Crippen LogP contribution in [0.15, 0.2) is 36.7 Å². The molecule has 0 aliphatic heterocycles. The lowest BCUT2D eigenvalue weighted by Gasteiger charge is -2.43. The van der Waals surface area contributed by atoms with Gasteiger partial charge in [0.2, 0.25) is 5.95 Å². The number of aromatic nitrogens is 2. The van der Waals surface area contributed by atoms with Gasteiger partial charge in [0.05, 0.1) is 17.7 Å². The molecule has 1 N–H and O–H groups in total. The van der Waals surface area contributed by atoms with Gasteiger partial charge in [-0.15, -0.1) is 0 Å². The summed E-state index contributed by atoms with van der Waals surface area (Å²) in [4.78, 5) is 20.2. The van der Waals surface area contributed by atoms with Gasteiger partial charge >= 0.3 is 5.97 Å². The van der Waals surface area contributed by atoms with Crippen LogP contribution in [0.4, 0.5) is 5.95 Å². The van der Waals surface area contributed by atoms with Gasteiger partial charge in [0.15, 0.2) is 0 Å². The molecule has 0 spiro atoms. The molecule has 0 amide bonds. The highest BCUT2D eigenvalue weighted by atomic mass is 16.5. The zero-order valence-electron chi connectivity index (χ0n) is 13.5. The molecule has 0 atom stereocenters. The van der Waals surface area contributed by atoms with E-state index in [1.807, 2.05) is 0 Å². The molecule has 1 aliphatic carbocycles. The number of rotatable bonds is 5. The van der Waals surface area contributed by atoms with Crippen molar-refractivity contribution in [2.45, 2.75) is 38.6 Å². The number of nitrogens with zero attached hydrogens (tertiary/aromatic N) is 2. The highest BCUT2D eigenvalue weighted by Crippen LogP contribution is 2.43. The molecular weight excluding hydrogens is 290 g/mol. The van der Waals surface area contributed by atoms with Crippen LogP contribution in [-0.2, 0) is 10.3 Å². The van der Waals surface area contributed by atoms with Crippen molar-refractivity contribution >= 4 is 11.9 Å². The maximum atomic E-state index is 11.6. The second kappa shape index (κ2) is 6.36. The molecule has 0 unspecified atom stereocenters. The van der Waals surface area contributed by atoms with Crippen molar-refractivity contribution in [3.8, 4) is 0 Å². The molecule has 0 saturated heterocycles. The number of nitrogens with one attached hydrogen (secondary N) is 1. The highest BCUT2D eigenvalue weighted by Gasteiger charge is 2.39. The van der Waals surface area contributed by atoms with Crippen LogP contribution in [0.5, 0.6) is 0 Å². The smallest absolute Gasteiger partial charge is 0.341 e. The van der Waals surface area contributed by atoms with E-state index in [2.05, 4.69) is 46.5 Å². The number of hydrogen-bond donors (Lipinski definition) is 1. The minimum Gasteiger partial charge on any atom is -0.462 e. The van der Waals surface area contributed by atoms with Gasteiger partial charge in [0.25, 0.3) is 0 Å². The summed E-state index contributed by atoms with van der Waals surface area (Å²) in [5.74, 6) is 0.147. The summed E-state index contributed by atoms with van der Waals surface area (Å²) in [6.07, 6.45) is 6.31. The third-order valence-electron chi connectivity index (χ3n) is 4.33. The van der Waals surface area contributed by atoms with Crippen LogP contribution in [-0.4, -0.2) is 22.5 Å². The zero-order chi connectivity index (χ0) is 16.3. The van der Waals surface area contributed by atoms with Crippen LogP contribution in [0.3, 0.4) is 0 Å². The summed E-state index contributed by atoms with van der Waals surface area (Å²) in [5.41, 5.74) is 2.78. The van der Waals surface area contributed by atoms with Crippen molar-refractivity contribution in [2.75, 3.05) is 11.9 Å². The molecule has 23 heavy (non-hydrogen) atoms. The van der Waals surface area contributed by atoms with E-state index in [0.29, 0.717) is 18.1 Å². The van der Waals surface area contributed by atoms with Crippen molar-refractivity contribution in [1.29, 1.82) is 0 Å². The van der Waals surface area contributed by atoms with E-state index < -0.39 is 5.97 Å². The molecule has 1 aromatic heterocycles. The van der Waals surface area contributed by atoms with Gasteiger partial charge in [-0.05, 0) is 38.7 Å². The fourth-order valence-electron chi connectivity index (χ4n) is 2.82. The topological polar surface area (TPSA) is 64.1 Å². The molecule has 1 aliphatic rings. The second-order valence-electron chi connectivity index (χ2n) is 5.94. The molecule has 1 aromatic carbocycles. The predicted molar refractivity (Wildman–Crippen MR) is 88.3 cm³/mol. The van der Waals surface area contributed by atoms with Crippen molar-refractivity contribution in [2.24, 2.45) is 0 Å². The number of anilines is 1. The first-order valence-corrected chi connectivity index (χ1v) is 7.97. The van der Waals surface area contributed by atoms with Crippen LogP contribution in [0, 0.1) is 6.92 Å². The first-order valence-electron chi connectivity index (χ1n) is 7.97. The van der Waals surface area contributed by atoms with E-state index in [0.717, 1.165) is 12.8 Å². The quantitative estimate of drug-likeness (QED) is 0.857. The van der Waals surface area contributed by atoms with Crippen LogP contribution in [0.25, 0.3) is 0 Å². The molecule has 5 heteroatoms. The van der Waals surface area contributed by atoms with Crippen molar-refractivity contribution < 1.29 is 9.53 Å². The number of esters is 1. The highest BCUT2D eigenvalue weighted by molar-refractivity contribution is 5.88. The van der Waals surface area contributed by atoms with E-state index in [-0.39, 0.29) is 5.54 Å². The Morgan fingerprint density at radius 1 is 1.22 bits per heavy atom. The van der Waals surface area contributed by atoms with Gasteiger partial charge in [-0.2, -0.15) is 0 Å². The van der Waals surface area contributed by atoms with Gasteiger partial charge < -0.3 is 10.1 Å². The first kappa shape index (κ1) is 15.5. The van der Waals surface area contributed by atoms with Gasteiger partial charge in [0.1, 0.15) is 0 Å². The van der Waals surface area contributed by atoms with E-state index in [4.69, 9.17) is 4.74 Å². The summed E-state index contributed by atoms with van der Waals surface area (Å²) in [7, 11) is 0. The number of ether oxygens (including phenoxy) is 1. The van der Waals surface area contributed by atoms with Crippen LogP contribution < -0.4 is 5.32 Å². The summed E-state index contributed by atoms with van der Waals surface area (Å²) in [6, 6.07) is 8.58. The molecule has 2 aromatic rings. The molecule has 3 rings (SSSR count). The van der Waals surface area contributed by atoms with Crippen LogP contribution in [0.2, 0.25) is 0 Å². The Morgan fingerprint density at radius 2 is 1.87 bits per heavy atom. The fourth-order valence-corrected chi connectivity index (χ4v) is 2.82. The van der Waals surface area contributed by atoms with E-state index in [9.17, 15) is 4.79 Å². The van der Waals surface area contributed by atoms with Crippen molar-refractivity contribution in [3.05, 3.63) is 53.3 Å². The van der Waals surface area contributed by atoms with E-state index in [1.54, 1.807) is 6.92 Å². The molecule has 120 valence electrons. The first-order chi connectivity index (χ1) is 11.1. The maximum absolute atomic E-state index is 11.6. The fraction of sp³-hybridized carbons (Fsp3) is 0.389. The Balaban J connectivity index is 1.77. The zero-order valence-corrected chi connectivity index (χ0v) is 13.5. The molecule has 1 heterocycles. The standard InChI is InChI=1S/C18H21N3O2/c1-3-23-16(22)14-11-19-17(20-12-14)21-18(9-4-10-18)15-7-5-13(2)6-8-15/h5-8,11-12H,3-4,9-10H2,1-2H3,(H,19,20,21). The molecule has 5 nitrogen and oxygen atoms in total. The normalized spacial score (nSPS) is 15.6. The SMILES string of the molecule is CCOC(=O)c1cnc(NC2(c3ccc(C)cc3)CCC2)nc1. The lowest BCUT2D eigenvalue weighted by molar-refractivity contribution is 0.0525. The lowest BCUT2D eigenvalue weighted by Crippen LogP contribution is -2.42. The van der Waals surface area contributed by atoms with Crippen molar-refractivity contribution in [1.82, 2.24) is 9.97 Å². The third kappa shape index (κ3) is 3.18. The van der Waals surface area contributed by atoms with Gasteiger partial charge in [-0.25, -0.2) is 14.8 Å². The molecular formula is C18H21N3O2. The summed E-state index contributed by atoms with van der Waals surface area (Å²) in [6.45, 7) is 4.20. The predicted octanol–water partition coefficient (Wildman–Crippen LogP) is 3.45. The molecule has 0 bridgehead atoms. The van der Waals surface area contributed by atoms with Gasteiger partial charge in [-0.3, -0.25) is 0 Å². The van der Waals surface area contributed by atoms with Crippen LogP contribution in [0.1, 0.15) is 47.7 Å². The molecule has 1 saturated carbocycles. The Morgan fingerprint density at radius 3 is 2.39 bits per heavy atom. The van der Waals surface area contributed by atoms with Crippen molar-refractivity contribution in [3.63, 3.8) is 0 Å². The number of carbonyl (C=O) groups excluding carboxylic acids is 1. The van der Waals surface area contributed by atoms with Crippen LogP contribution >= 0.6 is 0 Å². The Hall–Kier alpha value is -2.43. The number of benzene rings is 1. The minimum absolute atomic E-state index is 0.0981.